The van der Waals surface area contributed by atoms with E-state index in [0.717, 1.165) is 4.57 Å². The lowest BCUT2D eigenvalue weighted by molar-refractivity contribution is 0.0930. The first-order chi connectivity index (χ1) is 6.15. The molecule has 0 radical (unpaired) electrons. The number of hydrogen-bond acceptors (Lipinski definition) is 2. The fourth-order valence-corrected chi connectivity index (χ4v) is 1.00. The molecule has 0 saturated heterocycles. The van der Waals surface area contributed by atoms with E-state index in [1.165, 1.54) is 18.3 Å². The Balaban J connectivity index is 2.83. The molecule has 4 nitrogen and oxygen atoms in total. The fourth-order valence-electron chi connectivity index (χ4n) is 1.00. The summed E-state index contributed by atoms with van der Waals surface area (Å²) >= 11 is 0. The van der Waals surface area contributed by atoms with Gasteiger partial charge in [-0.05, 0) is 12.1 Å². The van der Waals surface area contributed by atoms with E-state index in [1.807, 2.05) is 5.43 Å². The van der Waals surface area contributed by atoms with E-state index in [0.29, 0.717) is 0 Å². The van der Waals surface area contributed by atoms with Crippen LogP contribution in [-0.4, -0.2) is 16.9 Å². The second-order valence-corrected chi connectivity index (χ2v) is 2.41. The van der Waals surface area contributed by atoms with Crippen LogP contribution in [-0.2, 0) is 6.54 Å². The Bertz CT molecular complexity index is 298. The average Bonchev–Trinajstić information content (AvgIpc) is 2.50. The van der Waals surface area contributed by atoms with E-state index in [9.17, 15) is 13.6 Å². The fraction of sp³-hybridized carbons (Fsp3) is 0.286. The topological polar surface area (TPSA) is 60.0 Å². The first kappa shape index (κ1) is 9.66. The molecule has 0 bridgehead atoms. The van der Waals surface area contributed by atoms with Crippen LogP contribution in [0.1, 0.15) is 10.5 Å². The molecule has 3 N–H and O–H groups in total. The Morgan fingerprint density at radius 3 is 2.92 bits per heavy atom. The maximum absolute atomic E-state index is 12.0. The van der Waals surface area contributed by atoms with Gasteiger partial charge in [0.2, 0.25) is 0 Å². The molecule has 0 aromatic carbocycles. The van der Waals surface area contributed by atoms with E-state index in [1.54, 1.807) is 0 Å². The minimum absolute atomic E-state index is 0.128. The van der Waals surface area contributed by atoms with Crippen molar-refractivity contribution in [3.05, 3.63) is 24.0 Å². The maximum Gasteiger partial charge on any atom is 0.281 e. The smallest absolute Gasteiger partial charge is 0.281 e. The maximum atomic E-state index is 12.0. The second kappa shape index (κ2) is 3.99. The number of hydrazine groups is 1. The number of hydrogen-bond donors (Lipinski definition) is 2. The summed E-state index contributed by atoms with van der Waals surface area (Å²) < 4.78 is 25.1. The Morgan fingerprint density at radius 2 is 2.38 bits per heavy atom. The molecule has 0 aliphatic heterocycles. The predicted octanol–water partition coefficient (Wildman–Crippen LogP) is 0.357. The molecule has 72 valence electrons. The van der Waals surface area contributed by atoms with Crippen LogP contribution in [0.3, 0.4) is 0 Å². The molecule has 0 spiro atoms. The number of rotatable bonds is 3. The Kier molecular flexibility index (Phi) is 2.97. The number of nitrogens with one attached hydrogen (secondary N) is 1. The zero-order valence-electron chi connectivity index (χ0n) is 6.71. The molecule has 6 heteroatoms. The van der Waals surface area contributed by atoms with Crippen LogP contribution < -0.4 is 11.3 Å². The quantitative estimate of drug-likeness (QED) is 0.409. The second-order valence-electron chi connectivity index (χ2n) is 2.41. The van der Waals surface area contributed by atoms with Crippen molar-refractivity contribution < 1.29 is 13.6 Å². The summed E-state index contributed by atoms with van der Waals surface area (Å²) in [5.74, 6) is 4.28. The highest BCUT2D eigenvalue weighted by molar-refractivity contribution is 5.92. The van der Waals surface area contributed by atoms with Crippen LogP contribution in [0, 0.1) is 0 Å². The highest BCUT2D eigenvalue weighted by atomic mass is 19.3. The van der Waals surface area contributed by atoms with Crippen LogP contribution in [0.2, 0.25) is 0 Å². The SMILES string of the molecule is NNC(=O)c1cccn1CC(F)F. The van der Waals surface area contributed by atoms with Crippen molar-refractivity contribution >= 4 is 5.91 Å². The third kappa shape index (κ3) is 2.25. The molecule has 1 amide bonds. The van der Waals surface area contributed by atoms with Gasteiger partial charge in [0.25, 0.3) is 12.3 Å². The number of amides is 1. The molecule has 0 atom stereocenters. The lowest BCUT2D eigenvalue weighted by Gasteiger charge is -2.06. The third-order valence-electron chi connectivity index (χ3n) is 1.53. The lowest BCUT2D eigenvalue weighted by Crippen LogP contribution is -2.32. The van der Waals surface area contributed by atoms with Gasteiger partial charge in [-0.1, -0.05) is 0 Å². The number of alkyl halides is 2. The van der Waals surface area contributed by atoms with Crippen molar-refractivity contribution in [3.8, 4) is 0 Å². The summed E-state index contributed by atoms with van der Waals surface area (Å²) in [4.78, 5) is 11.0. The number of carbonyl (C=O) groups excluding carboxylic acids is 1. The first-order valence-corrected chi connectivity index (χ1v) is 3.59. The van der Waals surface area contributed by atoms with Crippen LogP contribution in [0.25, 0.3) is 0 Å². The van der Waals surface area contributed by atoms with Gasteiger partial charge in [0.1, 0.15) is 5.69 Å². The molecule has 1 heterocycles. The number of nitrogens with zero attached hydrogens (tertiary/aromatic N) is 1. The van der Waals surface area contributed by atoms with Crippen molar-refractivity contribution in [2.45, 2.75) is 13.0 Å². The Morgan fingerprint density at radius 1 is 1.69 bits per heavy atom. The van der Waals surface area contributed by atoms with Gasteiger partial charge in [-0.15, -0.1) is 0 Å². The molecule has 0 aliphatic carbocycles. The Labute approximate surface area is 73.3 Å². The average molecular weight is 189 g/mol. The van der Waals surface area contributed by atoms with E-state index < -0.39 is 18.9 Å². The zero-order valence-corrected chi connectivity index (χ0v) is 6.71. The number of nitrogens with two attached hydrogens (primary N) is 1. The minimum atomic E-state index is -2.49. The molecule has 1 aromatic heterocycles. The highest BCUT2D eigenvalue weighted by Crippen LogP contribution is 2.05. The zero-order chi connectivity index (χ0) is 9.84. The highest BCUT2D eigenvalue weighted by Gasteiger charge is 2.12. The molecule has 13 heavy (non-hydrogen) atoms. The summed E-state index contributed by atoms with van der Waals surface area (Å²) in [6.07, 6.45) is -1.09. The largest absolute Gasteiger partial charge is 0.338 e. The van der Waals surface area contributed by atoms with E-state index in [4.69, 9.17) is 5.84 Å². The summed E-state index contributed by atoms with van der Waals surface area (Å²) in [7, 11) is 0. The van der Waals surface area contributed by atoms with Crippen molar-refractivity contribution in [3.63, 3.8) is 0 Å². The normalized spacial score (nSPS) is 10.5. The number of carbonyl (C=O) groups is 1. The van der Waals surface area contributed by atoms with Gasteiger partial charge in [0.15, 0.2) is 0 Å². The van der Waals surface area contributed by atoms with Crippen LogP contribution >= 0.6 is 0 Å². The molecule has 1 rings (SSSR count). The van der Waals surface area contributed by atoms with E-state index in [2.05, 4.69) is 0 Å². The van der Waals surface area contributed by atoms with E-state index in [-0.39, 0.29) is 5.69 Å². The standard InChI is InChI=1S/C7H9F2N3O/c8-6(9)4-12-3-1-2-5(12)7(13)11-10/h1-3,6H,4,10H2,(H,11,13). The van der Waals surface area contributed by atoms with Gasteiger partial charge >= 0.3 is 0 Å². The van der Waals surface area contributed by atoms with Crippen molar-refractivity contribution in [1.82, 2.24) is 9.99 Å². The van der Waals surface area contributed by atoms with Crippen LogP contribution in [0.5, 0.6) is 0 Å². The predicted molar refractivity (Wildman–Crippen MR) is 42.1 cm³/mol. The van der Waals surface area contributed by atoms with Gasteiger partial charge in [-0.25, -0.2) is 14.6 Å². The van der Waals surface area contributed by atoms with Crippen LogP contribution in [0.15, 0.2) is 18.3 Å². The monoisotopic (exact) mass is 189 g/mol. The van der Waals surface area contributed by atoms with Crippen molar-refractivity contribution in [1.29, 1.82) is 0 Å². The number of halogens is 2. The third-order valence-corrected chi connectivity index (χ3v) is 1.53. The van der Waals surface area contributed by atoms with Crippen LogP contribution in [0.4, 0.5) is 8.78 Å². The van der Waals surface area contributed by atoms with Gasteiger partial charge in [0, 0.05) is 6.20 Å². The molecule has 0 saturated carbocycles. The molecule has 0 unspecified atom stereocenters. The van der Waals surface area contributed by atoms with Gasteiger partial charge < -0.3 is 4.57 Å². The first-order valence-electron chi connectivity index (χ1n) is 3.59. The molecule has 0 fully saturated rings. The number of aromatic nitrogens is 1. The summed E-state index contributed by atoms with van der Waals surface area (Å²) in [6, 6.07) is 2.93. The lowest BCUT2D eigenvalue weighted by atomic mass is 10.4. The Hall–Kier alpha value is -1.43. The van der Waals surface area contributed by atoms with Gasteiger partial charge in [-0.3, -0.25) is 10.2 Å². The van der Waals surface area contributed by atoms with E-state index >= 15 is 0 Å². The summed E-state index contributed by atoms with van der Waals surface area (Å²) in [5.41, 5.74) is 2.00. The number of nitrogen functional groups attached to an aromatic ring is 1. The van der Waals surface area contributed by atoms with Crippen molar-refractivity contribution in [2.24, 2.45) is 5.84 Å². The minimum Gasteiger partial charge on any atom is -0.338 e. The molecule has 0 aliphatic rings. The van der Waals surface area contributed by atoms with Crippen molar-refractivity contribution in [2.75, 3.05) is 0 Å². The molecular weight excluding hydrogens is 180 g/mol. The molecule has 1 aromatic rings. The summed E-state index contributed by atoms with van der Waals surface area (Å²) in [6.45, 7) is -0.504. The van der Waals surface area contributed by atoms with Gasteiger partial charge in [-0.2, -0.15) is 0 Å². The van der Waals surface area contributed by atoms with Gasteiger partial charge in [0.05, 0.1) is 6.54 Å². The summed E-state index contributed by atoms with van der Waals surface area (Å²) in [5, 5.41) is 0. The molecular formula is C7H9F2N3O.